The molecule has 0 amide bonds. The van der Waals surface area contributed by atoms with Crippen molar-refractivity contribution in [3.8, 4) is 0 Å². The first-order chi connectivity index (χ1) is 18.7. The van der Waals surface area contributed by atoms with E-state index in [1.807, 2.05) is 0 Å². The molecule has 230 valence electrons. The highest BCUT2D eigenvalue weighted by Crippen LogP contribution is 2.53. The molecular weight excluding hydrogens is 504 g/mol. The predicted octanol–water partition coefficient (Wildman–Crippen LogP) is 12.1. The smallest absolute Gasteiger partial charge is 0.0435 e. The van der Waals surface area contributed by atoms with Crippen LogP contribution in [0.15, 0.2) is 48.5 Å². The fourth-order valence-corrected chi connectivity index (χ4v) is 6.64. The third kappa shape index (κ3) is 6.59. The summed E-state index contributed by atoms with van der Waals surface area (Å²) >= 11 is 0. The minimum atomic E-state index is -0.381. The van der Waals surface area contributed by atoms with Crippen LogP contribution in [0.4, 0.5) is 0 Å². The second kappa shape index (κ2) is 10.7. The lowest BCUT2D eigenvalue weighted by molar-refractivity contribution is 0.499. The second-order valence-electron chi connectivity index (χ2n) is 18.4. The SMILES string of the molecule is Cc1ccc(C(C)(c2ccc(C)cc2C(C)(C)C)c2c(C(C)(C)C)cc(C(C)(C)C)cc2C(C)(C)C)c(C(C)(C)C)c1. The van der Waals surface area contributed by atoms with E-state index in [0.29, 0.717) is 0 Å². The minimum absolute atomic E-state index is 0.00958. The first-order valence-electron chi connectivity index (χ1n) is 16.1. The van der Waals surface area contributed by atoms with Gasteiger partial charge in [0.15, 0.2) is 0 Å². The van der Waals surface area contributed by atoms with Crippen LogP contribution >= 0.6 is 0 Å². The highest BCUT2D eigenvalue weighted by atomic mass is 14.5. The monoisotopic (exact) mass is 566 g/mol. The Hall–Kier alpha value is -2.34. The van der Waals surface area contributed by atoms with Crippen molar-refractivity contribution in [3.05, 3.63) is 104 Å². The van der Waals surface area contributed by atoms with Gasteiger partial charge in [-0.3, -0.25) is 0 Å². The maximum atomic E-state index is 2.55. The molecule has 0 radical (unpaired) electrons. The number of aryl methyl sites for hydroxylation is 2. The fourth-order valence-electron chi connectivity index (χ4n) is 6.64. The van der Waals surface area contributed by atoms with E-state index in [2.05, 4.69) is 173 Å². The Morgan fingerprint density at radius 3 is 0.905 bits per heavy atom. The van der Waals surface area contributed by atoms with Gasteiger partial charge in [0.25, 0.3) is 0 Å². The summed E-state index contributed by atoms with van der Waals surface area (Å²) in [5.74, 6) is 0. The quantitative estimate of drug-likeness (QED) is 0.277. The molecule has 42 heavy (non-hydrogen) atoms. The van der Waals surface area contributed by atoms with Crippen LogP contribution < -0.4 is 0 Å². The summed E-state index contributed by atoms with van der Waals surface area (Å²) in [6.45, 7) is 42.8. The summed E-state index contributed by atoms with van der Waals surface area (Å²) in [7, 11) is 0. The van der Waals surface area contributed by atoms with Gasteiger partial charge in [-0.25, -0.2) is 0 Å². The molecule has 0 N–H and O–H groups in total. The van der Waals surface area contributed by atoms with E-state index < -0.39 is 0 Å². The van der Waals surface area contributed by atoms with Crippen LogP contribution in [0.3, 0.4) is 0 Å². The zero-order chi connectivity index (χ0) is 32.4. The van der Waals surface area contributed by atoms with Gasteiger partial charge in [-0.05, 0) is 92.4 Å². The third-order valence-electron chi connectivity index (χ3n) is 9.16. The molecule has 0 aliphatic heterocycles. The second-order valence-corrected chi connectivity index (χ2v) is 18.4. The first kappa shape index (κ1) is 34.2. The lowest BCUT2D eigenvalue weighted by Crippen LogP contribution is -2.38. The molecule has 0 unspecified atom stereocenters. The molecule has 0 aliphatic carbocycles. The lowest BCUT2D eigenvalue weighted by atomic mass is 9.58. The molecule has 0 heterocycles. The van der Waals surface area contributed by atoms with Gasteiger partial charge in [-0.2, -0.15) is 0 Å². The van der Waals surface area contributed by atoms with Crippen molar-refractivity contribution in [3.63, 3.8) is 0 Å². The summed E-state index contributed by atoms with van der Waals surface area (Å²) in [4.78, 5) is 0. The molecular formula is C42H62. The van der Waals surface area contributed by atoms with Gasteiger partial charge in [0, 0.05) is 5.41 Å². The highest BCUT2D eigenvalue weighted by molar-refractivity contribution is 5.64. The average Bonchev–Trinajstić information content (AvgIpc) is 2.79. The van der Waals surface area contributed by atoms with Crippen LogP contribution in [0.2, 0.25) is 0 Å². The molecule has 0 nitrogen and oxygen atoms in total. The van der Waals surface area contributed by atoms with Gasteiger partial charge in [-0.15, -0.1) is 0 Å². The zero-order valence-electron chi connectivity index (χ0n) is 30.6. The number of hydrogen-bond donors (Lipinski definition) is 0. The zero-order valence-corrected chi connectivity index (χ0v) is 30.6. The average molecular weight is 567 g/mol. The molecule has 0 saturated heterocycles. The maximum Gasteiger partial charge on any atom is 0.0435 e. The standard InChI is InChI=1S/C42H62/c1-27-19-21-30(32(23-27)38(6,7)8)42(18,31-22-20-28(2)24-33(31)39(9,10)11)36-34(40(12,13)14)25-29(37(3,4)5)26-35(36)41(15,16)17/h19-26H,1-18H3. The highest BCUT2D eigenvalue weighted by Gasteiger charge is 2.44. The number of rotatable bonds is 3. The molecule has 0 bridgehead atoms. The summed E-state index contributed by atoms with van der Waals surface area (Å²) in [5, 5.41) is 0. The van der Waals surface area contributed by atoms with Crippen molar-refractivity contribution in [2.24, 2.45) is 0 Å². The van der Waals surface area contributed by atoms with Crippen LogP contribution in [0, 0.1) is 13.8 Å². The van der Waals surface area contributed by atoms with E-state index in [9.17, 15) is 0 Å². The van der Waals surface area contributed by atoms with Crippen LogP contribution in [-0.4, -0.2) is 0 Å². The molecule has 3 rings (SSSR count). The lowest BCUT2D eigenvalue weighted by Gasteiger charge is -2.45. The summed E-state index contributed by atoms with van der Waals surface area (Å²) in [5.41, 5.74) is 13.8. The fraction of sp³-hybridized carbons (Fsp3) is 0.571. The Morgan fingerprint density at radius 1 is 0.333 bits per heavy atom. The topological polar surface area (TPSA) is 0 Å². The molecule has 3 aromatic rings. The van der Waals surface area contributed by atoms with Gasteiger partial charge in [0.2, 0.25) is 0 Å². The summed E-state index contributed by atoms with van der Waals surface area (Å²) in [6, 6.07) is 19.6. The Balaban J connectivity index is 2.82. The summed E-state index contributed by atoms with van der Waals surface area (Å²) < 4.78 is 0. The molecule has 0 heteroatoms. The van der Waals surface area contributed by atoms with Gasteiger partial charge >= 0.3 is 0 Å². The van der Waals surface area contributed by atoms with Crippen molar-refractivity contribution in [2.75, 3.05) is 0 Å². The van der Waals surface area contributed by atoms with E-state index >= 15 is 0 Å². The predicted molar refractivity (Wildman–Crippen MR) is 188 cm³/mol. The largest absolute Gasteiger partial charge is 0.0590 e. The van der Waals surface area contributed by atoms with Crippen molar-refractivity contribution >= 4 is 0 Å². The van der Waals surface area contributed by atoms with Gasteiger partial charge in [0.05, 0.1) is 0 Å². The van der Waals surface area contributed by atoms with E-state index in [-0.39, 0.29) is 32.5 Å². The van der Waals surface area contributed by atoms with Crippen molar-refractivity contribution in [1.82, 2.24) is 0 Å². The van der Waals surface area contributed by atoms with E-state index in [1.54, 1.807) is 0 Å². The summed E-state index contributed by atoms with van der Waals surface area (Å²) in [6.07, 6.45) is 0. The molecule has 0 aromatic heterocycles. The third-order valence-corrected chi connectivity index (χ3v) is 9.16. The van der Waals surface area contributed by atoms with Crippen LogP contribution in [0.1, 0.15) is 166 Å². The molecule has 0 atom stereocenters. The van der Waals surface area contributed by atoms with Gasteiger partial charge in [0.1, 0.15) is 0 Å². The van der Waals surface area contributed by atoms with E-state index in [4.69, 9.17) is 0 Å². The first-order valence-corrected chi connectivity index (χ1v) is 16.1. The molecule has 3 aromatic carbocycles. The van der Waals surface area contributed by atoms with Crippen LogP contribution in [-0.2, 0) is 32.5 Å². The normalized spacial score (nSPS) is 14.0. The molecule has 0 spiro atoms. The number of benzene rings is 3. The van der Waals surface area contributed by atoms with Gasteiger partial charge in [-0.1, -0.05) is 164 Å². The Bertz CT molecular complexity index is 1340. The van der Waals surface area contributed by atoms with Crippen molar-refractivity contribution < 1.29 is 0 Å². The molecule has 0 aliphatic rings. The maximum absolute atomic E-state index is 2.55. The minimum Gasteiger partial charge on any atom is -0.0590 e. The Morgan fingerprint density at radius 2 is 0.643 bits per heavy atom. The Kier molecular flexibility index (Phi) is 8.68. The number of hydrogen-bond acceptors (Lipinski definition) is 0. The molecule has 0 saturated carbocycles. The van der Waals surface area contributed by atoms with Crippen molar-refractivity contribution in [1.29, 1.82) is 0 Å². The van der Waals surface area contributed by atoms with Gasteiger partial charge < -0.3 is 0 Å². The van der Waals surface area contributed by atoms with E-state index in [1.165, 1.54) is 55.6 Å². The van der Waals surface area contributed by atoms with Crippen molar-refractivity contribution in [2.45, 2.75) is 157 Å². The van der Waals surface area contributed by atoms with E-state index in [0.717, 1.165) is 0 Å². The van der Waals surface area contributed by atoms with Crippen LogP contribution in [0.25, 0.3) is 0 Å². The molecule has 0 fully saturated rings. The Labute approximate surface area is 260 Å². The van der Waals surface area contributed by atoms with Crippen LogP contribution in [0.5, 0.6) is 0 Å².